The SMILES string of the molecule is NC(=O)c1c[nH]c2c(F)cc(-c3ccc(C(=O)CNC4CCCC4)cc3)cc12. The van der Waals surface area contributed by atoms with E-state index in [4.69, 9.17) is 5.73 Å². The number of ketones is 1. The Balaban J connectivity index is 1.55. The van der Waals surface area contributed by atoms with Gasteiger partial charge < -0.3 is 16.0 Å². The van der Waals surface area contributed by atoms with E-state index in [1.807, 2.05) is 0 Å². The van der Waals surface area contributed by atoms with E-state index < -0.39 is 11.7 Å². The monoisotopic (exact) mass is 379 g/mol. The van der Waals surface area contributed by atoms with Gasteiger partial charge >= 0.3 is 0 Å². The second-order valence-corrected chi connectivity index (χ2v) is 7.31. The normalized spacial score (nSPS) is 14.6. The maximum absolute atomic E-state index is 14.4. The number of carbonyl (C=O) groups excluding carboxylic acids is 2. The number of Topliss-reactive ketones (excluding diaryl/α,β-unsaturated/α-hetero) is 1. The lowest BCUT2D eigenvalue weighted by atomic mass is 10.00. The zero-order valence-corrected chi connectivity index (χ0v) is 15.4. The highest BCUT2D eigenvalue weighted by atomic mass is 19.1. The van der Waals surface area contributed by atoms with Crippen LogP contribution in [0.2, 0.25) is 0 Å². The van der Waals surface area contributed by atoms with E-state index in [1.54, 1.807) is 30.3 Å². The van der Waals surface area contributed by atoms with E-state index in [-0.39, 0.29) is 16.9 Å². The van der Waals surface area contributed by atoms with Gasteiger partial charge in [-0.05, 0) is 36.1 Å². The molecular formula is C22H22FN3O2. The summed E-state index contributed by atoms with van der Waals surface area (Å²) in [5.41, 5.74) is 7.87. The van der Waals surface area contributed by atoms with Crippen molar-refractivity contribution in [3.63, 3.8) is 0 Å². The van der Waals surface area contributed by atoms with Gasteiger partial charge in [-0.2, -0.15) is 0 Å². The molecule has 144 valence electrons. The summed E-state index contributed by atoms with van der Waals surface area (Å²) >= 11 is 0. The number of aromatic nitrogens is 1. The Morgan fingerprint density at radius 2 is 1.82 bits per heavy atom. The van der Waals surface area contributed by atoms with Crippen molar-refractivity contribution < 1.29 is 14.0 Å². The Labute approximate surface area is 162 Å². The van der Waals surface area contributed by atoms with Crippen LogP contribution in [0.5, 0.6) is 0 Å². The molecule has 0 saturated heterocycles. The van der Waals surface area contributed by atoms with Crippen LogP contribution >= 0.6 is 0 Å². The van der Waals surface area contributed by atoms with Crippen molar-refractivity contribution >= 4 is 22.6 Å². The number of fused-ring (bicyclic) bond motifs is 1. The molecule has 1 aromatic heterocycles. The van der Waals surface area contributed by atoms with Gasteiger partial charge in [-0.25, -0.2) is 4.39 Å². The van der Waals surface area contributed by atoms with Crippen molar-refractivity contribution in [2.75, 3.05) is 6.54 Å². The largest absolute Gasteiger partial charge is 0.366 e. The van der Waals surface area contributed by atoms with E-state index in [9.17, 15) is 14.0 Å². The molecule has 1 saturated carbocycles. The average molecular weight is 379 g/mol. The van der Waals surface area contributed by atoms with Crippen LogP contribution in [0.4, 0.5) is 4.39 Å². The van der Waals surface area contributed by atoms with E-state index in [2.05, 4.69) is 10.3 Å². The highest BCUT2D eigenvalue weighted by molar-refractivity contribution is 6.07. The second-order valence-electron chi connectivity index (χ2n) is 7.31. The summed E-state index contributed by atoms with van der Waals surface area (Å²) in [4.78, 5) is 26.7. The molecule has 1 fully saturated rings. The van der Waals surface area contributed by atoms with Crippen molar-refractivity contribution in [2.24, 2.45) is 5.73 Å². The van der Waals surface area contributed by atoms with Crippen LogP contribution in [-0.2, 0) is 0 Å². The first kappa shape index (κ1) is 18.4. The van der Waals surface area contributed by atoms with Crippen molar-refractivity contribution in [3.8, 4) is 11.1 Å². The Morgan fingerprint density at radius 1 is 1.11 bits per heavy atom. The molecule has 0 spiro atoms. The molecule has 6 heteroatoms. The first-order valence-electron chi connectivity index (χ1n) is 9.50. The molecule has 4 N–H and O–H groups in total. The number of primary amides is 1. The molecule has 0 unspecified atom stereocenters. The number of amides is 1. The molecule has 1 heterocycles. The predicted molar refractivity (Wildman–Crippen MR) is 107 cm³/mol. The molecule has 1 aliphatic carbocycles. The minimum absolute atomic E-state index is 0.0433. The third-order valence-corrected chi connectivity index (χ3v) is 5.45. The molecule has 3 aromatic rings. The number of rotatable bonds is 6. The summed E-state index contributed by atoms with van der Waals surface area (Å²) in [6, 6.07) is 10.7. The molecule has 1 aliphatic rings. The third kappa shape index (κ3) is 3.55. The highest BCUT2D eigenvalue weighted by Gasteiger charge is 2.17. The minimum atomic E-state index is -0.612. The molecule has 4 rings (SSSR count). The minimum Gasteiger partial charge on any atom is -0.366 e. The fourth-order valence-corrected chi connectivity index (χ4v) is 3.88. The number of H-pyrrole nitrogens is 1. The maximum atomic E-state index is 14.4. The van der Waals surface area contributed by atoms with Gasteiger partial charge in [-0.3, -0.25) is 9.59 Å². The van der Waals surface area contributed by atoms with Gasteiger partial charge in [-0.15, -0.1) is 0 Å². The molecular weight excluding hydrogens is 357 g/mol. The van der Waals surface area contributed by atoms with Crippen LogP contribution in [0.15, 0.2) is 42.6 Å². The number of carbonyl (C=O) groups is 2. The van der Waals surface area contributed by atoms with Crippen LogP contribution < -0.4 is 11.1 Å². The third-order valence-electron chi connectivity index (χ3n) is 5.45. The Hall–Kier alpha value is -2.99. The zero-order valence-electron chi connectivity index (χ0n) is 15.4. The lowest BCUT2D eigenvalue weighted by molar-refractivity contribution is 0.0983. The topological polar surface area (TPSA) is 88.0 Å². The second kappa shape index (κ2) is 7.56. The molecule has 28 heavy (non-hydrogen) atoms. The van der Waals surface area contributed by atoms with E-state index in [0.29, 0.717) is 29.1 Å². The number of nitrogens with two attached hydrogens (primary N) is 1. The first-order valence-corrected chi connectivity index (χ1v) is 9.50. The fourth-order valence-electron chi connectivity index (χ4n) is 3.88. The van der Waals surface area contributed by atoms with Crippen LogP contribution in [0.3, 0.4) is 0 Å². The summed E-state index contributed by atoms with van der Waals surface area (Å²) in [5, 5.41) is 3.77. The lowest BCUT2D eigenvalue weighted by Crippen LogP contribution is -2.31. The number of aromatic amines is 1. The molecule has 0 radical (unpaired) electrons. The molecule has 0 atom stereocenters. The van der Waals surface area contributed by atoms with Crippen molar-refractivity contribution in [2.45, 2.75) is 31.7 Å². The van der Waals surface area contributed by atoms with E-state index in [1.165, 1.54) is 25.1 Å². The predicted octanol–water partition coefficient (Wildman–Crippen LogP) is 3.79. The average Bonchev–Trinajstić information content (AvgIpc) is 3.36. The van der Waals surface area contributed by atoms with Gasteiger partial charge in [-0.1, -0.05) is 37.1 Å². The Morgan fingerprint density at radius 3 is 2.50 bits per heavy atom. The van der Waals surface area contributed by atoms with Crippen LogP contribution in [0, 0.1) is 5.82 Å². The summed E-state index contributed by atoms with van der Waals surface area (Å²) in [6.45, 7) is 0.329. The van der Waals surface area contributed by atoms with Crippen molar-refractivity contribution in [1.82, 2.24) is 10.3 Å². The standard InChI is InChI=1S/C22H22FN3O2/c23-19-10-15(9-17-18(22(24)28)11-26-21(17)19)13-5-7-14(8-6-13)20(27)12-25-16-3-1-2-4-16/h5-11,16,25-26H,1-4,12H2,(H2,24,28). The van der Waals surface area contributed by atoms with Gasteiger partial charge in [0.05, 0.1) is 17.6 Å². The smallest absolute Gasteiger partial charge is 0.250 e. The van der Waals surface area contributed by atoms with E-state index in [0.717, 1.165) is 18.4 Å². The quantitative estimate of drug-likeness (QED) is 0.570. The van der Waals surface area contributed by atoms with Crippen LogP contribution in [0.25, 0.3) is 22.0 Å². The van der Waals surface area contributed by atoms with Gasteiger partial charge in [0.1, 0.15) is 5.82 Å². The first-order chi connectivity index (χ1) is 13.5. The summed E-state index contributed by atoms with van der Waals surface area (Å²) in [7, 11) is 0. The molecule has 2 aromatic carbocycles. The summed E-state index contributed by atoms with van der Waals surface area (Å²) in [6.07, 6.45) is 6.12. The lowest BCUT2D eigenvalue weighted by Gasteiger charge is -2.11. The van der Waals surface area contributed by atoms with Gasteiger partial charge in [0.2, 0.25) is 0 Å². The van der Waals surface area contributed by atoms with Crippen molar-refractivity contribution in [1.29, 1.82) is 0 Å². The number of hydrogen-bond donors (Lipinski definition) is 3. The van der Waals surface area contributed by atoms with E-state index >= 15 is 0 Å². The molecule has 1 amide bonds. The summed E-state index contributed by atoms with van der Waals surface area (Å²) in [5.74, 6) is -1.03. The zero-order chi connectivity index (χ0) is 19.7. The van der Waals surface area contributed by atoms with Crippen LogP contribution in [0.1, 0.15) is 46.4 Å². The number of halogens is 1. The maximum Gasteiger partial charge on any atom is 0.250 e. The fraction of sp³-hybridized carbons (Fsp3) is 0.273. The Kier molecular flexibility index (Phi) is 4.96. The highest BCUT2D eigenvalue weighted by Crippen LogP contribution is 2.29. The van der Waals surface area contributed by atoms with Gasteiger partial charge in [0.25, 0.3) is 5.91 Å². The van der Waals surface area contributed by atoms with Crippen LogP contribution in [-0.4, -0.2) is 29.3 Å². The number of hydrogen-bond acceptors (Lipinski definition) is 3. The Bertz CT molecular complexity index is 1030. The molecule has 0 bridgehead atoms. The number of nitrogens with one attached hydrogen (secondary N) is 2. The molecule has 5 nitrogen and oxygen atoms in total. The van der Waals surface area contributed by atoms with Gasteiger partial charge in [0.15, 0.2) is 5.78 Å². The van der Waals surface area contributed by atoms with Crippen molar-refractivity contribution in [3.05, 3.63) is 59.5 Å². The van der Waals surface area contributed by atoms with Gasteiger partial charge in [0, 0.05) is 23.2 Å². The summed E-state index contributed by atoms with van der Waals surface area (Å²) < 4.78 is 14.4. The molecule has 0 aliphatic heterocycles. The number of benzene rings is 2.